The summed E-state index contributed by atoms with van der Waals surface area (Å²) in [7, 11) is 0. The molecule has 4 heterocycles. The van der Waals surface area contributed by atoms with Gasteiger partial charge in [-0.2, -0.15) is 8.78 Å². The highest BCUT2D eigenvalue weighted by Gasteiger charge is 2.55. The molecule has 10 rings (SSSR count). The van der Waals surface area contributed by atoms with E-state index in [1.807, 2.05) is 67.8 Å². The number of piperidine rings is 1. The lowest BCUT2D eigenvalue weighted by Crippen LogP contribution is -2.53. The number of aromatic amines is 2. The predicted molar refractivity (Wildman–Crippen MR) is 241 cm³/mol. The van der Waals surface area contributed by atoms with Gasteiger partial charge in [0.2, 0.25) is 11.8 Å². The molecular weight excluding hydrogens is 831 g/mol. The van der Waals surface area contributed by atoms with Gasteiger partial charge in [0.05, 0.1) is 60.2 Å². The fourth-order valence-electron chi connectivity index (χ4n) is 11.3. The molecule has 1 unspecified atom stereocenters. The van der Waals surface area contributed by atoms with E-state index in [0.29, 0.717) is 46.1 Å². The number of halogens is 2. The number of H-pyrrole nitrogens is 2. The minimum atomic E-state index is -3.28. The predicted octanol–water partition coefficient (Wildman–Crippen LogP) is 7.75. The van der Waals surface area contributed by atoms with Crippen molar-refractivity contribution in [3.05, 3.63) is 83.6 Å². The number of hydrogen-bond donors (Lipinski definition) is 5. The highest BCUT2D eigenvalue weighted by molar-refractivity contribution is 5.88. The maximum absolute atomic E-state index is 16.7. The van der Waals surface area contributed by atoms with Crippen molar-refractivity contribution >= 4 is 34.6 Å². The average Bonchev–Trinajstić information content (AvgIpc) is 3.92. The highest BCUT2D eigenvalue weighted by Crippen LogP contribution is 2.59. The molecule has 2 saturated heterocycles. The fraction of sp³-hybridized carbons (Fsp3) is 0.480. The zero-order valence-electron chi connectivity index (χ0n) is 37.4. The van der Waals surface area contributed by atoms with E-state index in [4.69, 9.17) is 9.97 Å². The first kappa shape index (κ1) is 43.1. The summed E-state index contributed by atoms with van der Waals surface area (Å²) in [6, 6.07) is 14.4. The minimum Gasteiger partial charge on any atom is -0.480 e. The third kappa shape index (κ3) is 7.53. The SMILES string of the molecule is CC(=O)CN[C@H](C(=O)N1C(c2nc3ccc(-c4ccc5c(c4)C(F)(F)c4cc(-c6cnc([C@@H]7CC8(CC8)CN7C(=O)[C@@H](NCC(=O)O)C(C)C)[nH]6)ccc4-5)cc3[nH]2)[C@H]2CC[C@@H]1C2)C(C)C. The van der Waals surface area contributed by atoms with Crippen molar-refractivity contribution in [2.45, 2.75) is 109 Å². The molecular formula is C50H56F2N8O5. The maximum Gasteiger partial charge on any atom is 0.317 e. The van der Waals surface area contributed by atoms with Crippen LogP contribution in [-0.4, -0.2) is 96.2 Å². The zero-order chi connectivity index (χ0) is 45.7. The number of likely N-dealkylation sites (tertiary alicyclic amines) is 2. The molecule has 3 aromatic carbocycles. The number of Topliss-reactive ketones (excluding diaryl/α,β-unsaturated/α-hetero) is 1. The van der Waals surface area contributed by atoms with Gasteiger partial charge < -0.3 is 24.9 Å². The molecule has 340 valence electrons. The van der Waals surface area contributed by atoms with Gasteiger partial charge in [-0.05, 0) is 115 Å². The number of nitrogens with zero attached hydrogens (tertiary/aromatic N) is 4. The lowest BCUT2D eigenvalue weighted by molar-refractivity contribution is -0.140. The summed E-state index contributed by atoms with van der Waals surface area (Å²) in [5, 5.41) is 15.4. The summed E-state index contributed by atoms with van der Waals surface area (Å²) in [5.74, 6) is -3.10. The lowest BCUT2D eigenvalue weighted by Gasteiger charge is -2.37. The summed E-state index contributed by atoms with van der Waals surface area (Å²) < 4.78 is 33.4. The Morgan fingerprint density at radius 1 is 0.831 bits per heavy atom. The van der Waals surface area contributed by atoms with E-state index in [0.717, 1.165) is 55.1 Å². The van der Waals surface area contributed by atoms with E-state index in [-0.39, 0.29) is 83.1 Å². The number of fused-ring (bicyclic) bond motifs is 6. The normalized spacial score (nSPS) is 23.2. The van der Waals surface area contributed by atoms with E-state index >= 15 is 8.78 Å². The Morgan fingerprint density at radius 3 is 2.15 bits per heavy atom. The first-order valence-electron chi connectivity index (χ1n) is 23.0. The summed E-state index contributed by atoms with van der Waals surface area (Å²) in [6.45, 7) is 9.63. The van der Waals surface area contributed by atoms with Crippen LogP contribution >= 0.6 is 0 Å². The second-order valence-electron chi connectivity index (χ2n) is 20.0. The summed E-state index contributed by atoms with van der Waals surface area (Å²) >= 11 is 0. The summed E-state index contributed by atoms with van der Waals surface area (Å²) in [6.07, 6.45) is 7.22. The number of ketones is 1. The van der Waals surface area contributed by atoms with Crippen LogP contribution in [0.25, 0.3) is 44.5 Å². The van der Waals surface area contributed by atoms with Gasteiger partial charge in [-0.15, -0.1) is 0 Å². The van der Waals surface area contributed by atoms with Crippen LogP contribution in [-0.2, 0) is 25.1 Å². The molecule has 2 bridgehead atoms. The number of aliphatic carboxylic acids is 1. The molecule has 2 saturated carbocycles. The summed E-state index contributed by atoms with van der Waals surface area (Å²) in [5.41, 5.74) is 4.80. The molecule has 13 nitrogen and oxygen atoms in total. The van der Waals surface area contributed by atoms with Crippen LogP contribution in [0, 0.1) is 23.2 Å². The molecule has 65 heavy (non-hydrogen) atoms. The molecule has 1 spiro atoms. The van der Waals surface area contributed by atoms with Gasteiger partial charge in [0.25, 0.3) is 5.92 Å². The smallest absolute Gasteiger partial charge is 0.317 e. The molecule has 5 aliphatic rings. The number of carboxylic acids is 1. The Bertz CT molecular complexity index is 2740. The standard InChI is InChI=1S/C50H56F2N8O5/c1-25(2)42(54-23-41(62)63)47(64)59-24-49(14-15-49)20-40(59)45-55-22-39(58-45)30-8-12-34-33-11-7-28(17-35(33)50(51,52)36(34)18-30)29-9-13-37-38(19-29)57-46(56-37)44-31-6-10-32(16-31)60(44)48(65)43(26(3)4)53-21-27(5)61/h7-9,11-13,17-19,22,25-26,31-32,40,42-44,53-54H,6,10,14-16,20-21,23-24H2,1-5H3,(H,55,58)(H,56,57)(H,62,63)/t31-,32+,40-,42-,43-,44?/m0/s1. The van der Waals surface area contributed by atoms with Gasteiger partial charge >= 0.3 is 5.97 Å². The van der Waals surface area contributed by atoms with Crippen molar-refractivity contribution in [1.29, 1.82) is 0 Å². The Morgan fingerprint density at radius 2 is 1.48 bits per heavy atom. The van der Waals surface area contributed by atoms with Gasteiger partial charge in [-0.25, -0.2) is 9.97 Å². The van der Waals surface area contributed by atoms with Crippen LogP contribution in [0.15, 0.2) is 60.8 Å². The molecule has 4 fully saturated rings. The Labute approximate surface area is 376 Å². The number of carboxylic acid groups (broad SMARTS) is 1. The van der Waals surface area contributed by atoms with Crippen LogP contribution in [0.4, 0.5) is 8.78 Å². The first-order valence-corrected chi connectivity index (χ1v) is 23.0. The van der Waals surface area contributed by atoms with Gasteiger partial charge in [0.1, 0.15) is 17.4 Å². The van der Waals surface area contributed by atoms with E-state index < -0.39 is 24.0 Å². The maximum atomic E-state index is 16.7. The number of carbonyl (C=O) groups is 4. The van der Waals surface area contributed by atoms with Crippen LogP contribution in [0.3, 0.4) is 0 Å². The van der Waals surface area contributed by atoms with E-state index in [2.05, 4.69) is 20.6 Å². The number of imidazole rings is 2. The number of rotatable bonds is 14. The molecule has 3 aliphatic carbocycles. The molecule has 2 amide bonds. The van der Waals surface area contributed by atoms with Gasteiger partial charge in [0, 0.05) is 29.3 Å². The third-order valence-electron chi connectivity index (χ3n) is 14.8. The van der Waals surface area contributed by atoms with E-state index in [9.17, 15) is 24.3 Å². The largest absolute Gasteiger partial charge is 0.480 e. The number of benzene rings is 3. The van der Waals surface area contributed by atoms with Crippen molar-refractivity contribution in [3.63, 3.8) is 0 Å². The van der Waals surface area contributed by atoms with Crippen molar-refractivity contribution in [2.75, 3.05) is 19.6 Å². The second-order valence-corrected chi connectivity index (χ2v) is 20.0. The average molecular weight is 887 g/mol. The van der Waals surface area contributed by atoms with Crippen LogP contribution in [0.2, 0.25) is 0 Å². The molecule has 5 N–H and O–H groups in total. The molecule has 5 aromatic rings. The number of aromatic nitrogens is 4. The highest BCUT2D eigenvalue weighted by atomic mass is 19.3. The van der Waals surface area contributed by atoms with Crippen LogP contribution < -0.4 is 10.6 Å². The second kappa shape index (κ2) is 16.0. The Kier molecular flexibility index (Phi) is 10.6. The number of alkyl halides is 2. The van der Waals surface area contributed by atoms with Gasteiger partial charge in [-0.3, -0.25) is 29.8 Å². The fourth-order valence-corrected chi connectivity index (χ4v) is 11.3. The molecule has 6 atom stereocenters. The molecule has 15 heteroatoms. The molecule has 0 radical (unpaired) electrons. The van der Waals surface area contributed by atoms with Crippen molar-refractivity contribution in [1.82, 2.24) is 40.4 Å². The van der Waals surface area contributed by atoms with Crippen LogP contribution in [0.5, 0.6) is 0 Å². The number of nitrogens with one attached hydrogen (secondary N) is 4. The number of hydrogen-bond acceptors (Lipinski definition) is 8. The lowest BCUT2D eigenvalue weighted by atomic mass is 9.95. The van der Waals surface area contributed by atoms with E-state index in [1.165, 1.54) is 13.0 Å². The molecule has 2 aliphatic heterocycles. The van der Waals surface area contributed by atoms with Gasteiger partial charge in [0.15, 0.2) is 0 Å². The van der Waals surface area contributed by atoms with E-state index in [1.54, 1.807) is 24.4 Å². The topological polar surface area (TPSA) is 176 Å². The zero-order valence-corrected chi connectivity index (χ0v) is 37.4. The van der Waals surface area contributed by atoms with Crippen molar-refractivity contribution < 1.29 is 33.1 Å². The van der Waals surface area contributed by atoms with Crippen LogP contribution in [0.1, 0.15) is 108 Å². The Hall–Kier alpha value is -5.80. The monoisotopic (exact) mass is 886 g/mol. The minimum absolute atomic E-state index is 0.0107. The van der Waals surface area contributed by atoms with Crippen molar-refractivity contribution in [2.24, 2.45) is 23.2 Å². The quantitative estimate of drug-likeness (QED) is 0.0747. The third-order valence-corrected chi connectivity index (χ3v) is 14.8. The van der Waals surface area contributed by atoms with Gasteiger partial charge in [-0.1, -0.05) is 58.0 Å². The molecule has 2 aromatic heterocycles. The Balaban J connectivity index is 0.891. The number of amides is 2. The first-order chi connectivity index (χ1) is 31.0. The number of carbonyl (C=O) groups excluding carboxylic acids is 3. The summed E-state index contributed by atoms with van der Waals surface area (Å²) in [4.78, 5) is 71.6. The van der Waals surface area contributed by atoms with Crippen molar-refractivity contribution in [3.8, 4) is 33.5 Å².